The Bertz CT molecular complexity index is 1030. The van der Waals surface area contributed by atoms with Crippen LogP contribution in [-0.2, 0) is 12.8 Å². The van der Waals surface area contributed by atoms with E-state index in [1.807, 2.05) is 49.4 Å². The number of rotatable bonds is 10. The highest BCUT2D eigenvalue weighted by Gasteiger charge is 2.05. The Hall–Kier alpha value is -3.33. The molecule has 31 heavy (non-hydrogen) atoms. The summed E-state index contributed by atoms with van der Waals surface area (Å²) in [7, 11) is 0. The van der Waals surface area contributed by atoms with E-state index < -0.39 is 0 Å². The van der Waals surface area contributed by atoms with Gasteiger partial charge in [0.05, 0.1) is 12.4 Å². The van der Waals surface area contributed by atoms with Crippen LogP contribution in [0.15, 0.2) is 89.6 Å². The predicted molar refractivity (Wildman–Crippen MR) is 131 cm³/mol. The summed E-state index contributed by atoms with van der Waals surface area (Å²) in [6.07, 6.45) is 10.8. The van der Waals surface area contributed by atoms with Crippen LogP contribution in [0.1, 0.15) is 48.4 Å². The van der Waals surface area contributed by atoms with Crippen LogP contribution in [0, 0.1) is 5.82 Å². The Morgan fingerprint density at radius 2 is 1.42 bits per heavy atom. The Balaban J connectivity index is 1.55. The molecule has 0 fully saturated rings. The normalized spacial score (nSPS) is 11.4. The second-order valence-corrected chi connectivity index (χ2v) is 7.55. The number of benzene rings is 3. The van der Waals surface area contributed by atoms with E-state index in [4.69, 9.17) is 0 Å². The average molecular weight is 413 g/mol. The van der Waals surface area contributed by atoms with Gasteiger partial charge in [-0.25, -0.2) is 4.39 Å². The van der Waals surface area contributed by atoms with Crippen molar-refractivity contribution in [1.29, 1.82) is 0 Å². The fraction of sp³-hybridized carbons (Fsp3) is 0.214. The van der Waals surface area contributed by atoms with Crippen LogP contribution in [0.4, 0.5) is 4.39 Å². The number of nitrogens with zero attached hydrogens (tertiary/aromatic N) is 2. The van der Waals surface area contributed by atoms with Crippen molar-refractivity contribution in [3.63, 3.8) is 0 Å². The van der Waals surface area contributed by atoms with Crippen molar-refractivity contribution in [1.82, 2.24) is 0 Å². The summed E-state index contributed by atoms with van der Waals surface area (Å²) in [6.45, 7) is 5.78. The molecule has 0 bridgehead atoms. The van der Waals surface area contributed by atoms with Gasteiger partial charge in [-0.15, -0.1) is 6.58 Å². The summed E-state index contributed by atoms with van der Waals surface area (Å²) >= 11 is 0. The predicted octanol–water partition coefficient (Wildman–Crippen LogP) is 7.41. The number of unbranched alkanes of at least 4 members (excludes halogenated alkanes) is 2. The fourth-order valence-electron chi connectivity index (χ4n) is 3.35. The molecular formula is C28H29FN2. The van der Waals surface area contributed by atoms with Gasteiger partial charge in [0, 0.05) is 5.56 Å². The van der Waals surface area contributed by atoms with Crippen molar-refractivity contribution in [3.8, 4) is 11.1 Å². The monoisotopic (exact) mass is 412 g/mol. The van der Waals surface area contributed by atoms with Crippen LogP contribution in [0.25, 0.3) is 11.1 Å². The molecule has 3 rings (SSSR count). The van der Waals surface area contributed by atoms with Gasteiger partial charge in [-0.3, -0.25) is 0 Å². The van der Waals surface area contributed by atoms with E-state index in [-0.39, 0.29) is 5.82 Å². The van der Waals surface area contributed by atoms with E-state index in [9.17, 15) is 4.39 Å². The first kappa shape index (κ1) is 22.4. The zero-order valence-corrected chi connectivity index (χ0v) is 18.1. The van der Waals surface area contributed by atoms with Crippen LogP contribution >= 0.6 is 0 Å². The molecule has 0 unspecified atom stereocenters. The topological polar surface area (TPSA) is 24.7 Å². The van der Waals surface area contributed by atoms with Gasteiger partial charge >= 0.3 is 0 Å². The first-order chi connectivity index (χ1) is 15.2. The van der Waals surface area contributed by atoms with E-state index in [2.05, 4.69) is 41.0 Å². The molecule has 0 radical (unpaired) electrons. The molecule has 0 N–H and O–H groups in total. The summed E-state index contributed by atoms with van der Waals surface area (Å²) < 4.78 is 14.3. The number of allylic oxidation sites excluding steroid dienone is 1. The first-order valence-corrected chi connectivity index (χ1v) is 10.8. The highest BCUT2D eigenvalue weighted by molar-refractivity contribution is 5.83. The van der Waals surface area contributed by atoms with Crippen LogP contribution in [0.3, 0.4) is 0 Å². The summed E-state index contributed by atoms with van der Waals surface area (Å²) in [4.78, 5) is 0. The van der Waals surface area contributed by atoms with Crippen LogP contribution in [0.5, 0.6) is 0 Å². The number of hydrogen-bond acceptors (Lipinski definition) is 2. The van der Waals surface area contributed by atoms with Crippen molar-refractivity contribution in [2.24, 2.45) is 10.2 Å². The lowest BCUT2D eigenvalue weighted by Crippen LogP contribution is -1.89. The van der Waals surface area contributed by atoms with Gasteiger partial charge in [0.25, 0.3) is 0 Å². The third kappa shape index (κ3) is 6.85. The van der Waals surface area contributed by atoms with Gasteiger partial charge in [0.2, 0.25) is 0 Å². The lowest BCUT2D eigenvalue weighted by Gasteiger charge is -2.05. The van der Waals surface area contributed by atoms with E-state index >= 15 is 0 Å². The minimum Gasteiger partial charge on any atom is -0.206 e. The molecule has 0 heterocycles. The fourth-order valence-corrected chi connectivity index (χ4v) is 3.35. The molecule has 0 atom stereocenters. The third-order valence-corrected chi connectivity index (χ3v) is 5.25. The molecule has 0 aliphatic heterocycles. The maximum absolute atomic E-state index is 14.3. The summed E-state index contributed by atoms with van der Waals surface area (Å²) in [5, 5.41) is 8.27. The number of halogens is 1. The van der Waals surface area contributed by atoms with E-state index in [1.165, 1.54) is 18.4 Å². The molecule has 0 saturated heterocycles. The van der Waals surface area contributed by atoms with Crippen molar-refractivity contribution in [3.05, 3.63) is 107 Å². The highest BCUT2D eigenvalue weighted by atomic mass is 19.1. The zero-order chi connectivity index (χ0) is 21.9. The molecule has 158 valence electrons. The van der Waals surface area contributed by atoms with Gasteiger partial charge in [-0.2, -0.15) is 10.2 Å². The van der Waals surface area contributed by atoms with Crippen molar-refractivity contribution in [2.75, 3.05) is 0 Å². The van der Waals surface area contributed by atoms with Crippen LogP contribution in [-0.4, -0.2) is 12.4 Å². The largest absolute Gasteiger partial charge is 0.206 e. The van der Waals surface area contributed by atoms with Crippen LogP contribution < -0.4 is 0 Å². The molecule has 0 aliphatic rings. The second-order valence-electron chi connectivity index (χ2n) is 7.55. The number of hydrogen-bond donors (Lipinski definition) is 0. The van der Waals surface area contributed by atoms with Gasteiger partial charge in [0.15, 0.2) is 0 Å². The summed E-state index contributed by atoms with van der Waals surface area (Å²) in [5.74, 6) is -0.187. The number of aryl methyl sites for hydroxylation is 2. The Morgan fingerprint density at radius 3 is 2.00 bits per heavy atom. The first-order valence-electron chi connectivity index (χ1n) is 10.8. The summed E-state index contributed by atoms with van der Waals surface area (Å²) in [5.41, 5.74) is 5.74. The van der Waals surface area contributed by atoms with Gasteiger partial charge < -0.3 is 0 Å². The molecule has 0 amide bonds. The second kappa shape index (κ2) is 11.8. The lowest BCUT2D eigenvalue weighted by molar-refractivity contribution is 0.629. The van der Waals surface area contributed by atoms with Gasteiger partial charge in [-0.1, -0.05) is 73.7 Å². The van der Waals surface area contributed by atoms with Crippen molar-refractivity contribution in [2.45, 2.75) is 39.0 Å². The van der Waals surface area contributed by atoms with E-state index in [1.54, 1.807) is 18.5 Å². The highest BCUT2D eigenvalue weighted by Crippen LogP contribution is 2.24. The SMILES string of the molecule is C=CCCCCc1ccc(C=NN=Cc2ccc(-c3ccc(CC)cc3F)cc2)cc1. The smallest absolute Gasteiger partial charge is 0.131 e. The molecule has 2 nitrogen and oxygen atoms in total. The maximum atomic E-state index is 14.3. The van der Waals surface area contributed by atoms with Crippen molar-refractivity contribution >= 4 is 12.4 Å². The minimum absolute atomic E-state index is 0.187. The standard InChI is InChI=1S/C28H29FN2/c1-3-5-6-7-8-23-9-11-24(12-10-23)20-30-31-21-25-13-16-26(17-14-25)27-18-15-22(4-2)19-28(27)29/h3,9-21H,1,4-8H2,2H3. The van der Waals surface area contributed by atoms with Crippen LogP contribution in [0.2, 0.25) is 0 Å². The molecule has 0 spiro atoms. The van der Waals surface area contributed by atoms with Gasteiger partial charge in [0.1, 0.15) is 5.82 Å². The summed E-state index contributed by atoms with van der Waals surface area (Å²) in [6, 6.07) is 21.5. The molecule has 0 aliphatic carbocycles. The quantitative estimate of drug-likeness (QED) is 0.143. The molecule has 0 saturated carbocycles. The molecule has 0 aromatic heterocycles. The van der Waals surface area contributed by atoms with Gasteiger partial charge in [-0.05, 0) is 66.0 Å². The molecule has 3 aromatic carbocycles. The Kier molecular flexibility index (Phi) is 8.48. The zero-order valence-electron chi connectivity index (χ0n) is 18.1. The minimum atomic E-state index is -0.187. The Labute approximate surface area is 184 Å². The lowest BCUT2D eigenvalue weighted by atomic mass is 10.0. The molecular weight excluding hydrogens is 383 g/mol. The Morgan fingerprint density at radius 1 is 0.806 bits per heavy atom. The maximum Gasteiger partial charge on any atom is 0.131 e. The van der Waals surface area contributed by atoms with E-state index in [0.29, 0.717) is 5.56 Å². The third-order valence-electron chi connectivity index (χ3n) is 5.25. The molecule has 3 heteroatoms. The molecule has 3 aromatic rings. The van der Waals surface area contributed by atoms with E-state index in [0.717, 1.165) is 41.5 Å². The average Bonchev–Trinajstić information content (AvgIpc) is 2.81. The van der Waals surface area contributed by atoms with Crippen molar-refractivity contribution < 1.29 is 4.39 Å².